The molecule has 10 heteroatoms. The number of likely N-dealkylation sites (N-methyl/N-ethyl adjacent to an activating group) is 1. The van der Waals surface area contributed by atoms with Gasteiger partial charge in [-0.05, 0) is 44.1 Å². The van der Waals surface area contributed by atoms with E-state index in [-0.39, 0.29) is 48.7 Å². The molecule has 0 aromatic heterocycles. The zero-order valence-electron chi connectivity index (χ0n) is 25.5. The number of rotatable bonds is 15. The van der Waals surface area contributed by atoms with E-state index in [0.717, 1.165) is 37.7 Å². The number of nitrogens with zero attached hydrogens (tertiary/aromatic N) is 2. The number of carbonyl (C=O) groups is 3. The number of carbonyl (C=O) groups excluding carboxylic acids is 3. The second-order valence-electron chi connectivity index (χ2n) is 11.3. The minimum atomic E-state index is -0.799. The fourth-order valence-corrected chi connectivity index (χ4v) is 6.05. The van der Waals surface area contributed by atoms with Crippen LogP contribution in [0.2, 0.25) is 0 Å². The number of allylic oxidation sites excluding steroid dienone is 2. The van der Waals surface area contributed by atoms with E-state index < -0.39 is 30.3 Å². The molecular weight excluding hydrogens is 512 g/mol. The van der Waals surface area contributed by atoms with Crippen LogP contribution in [0.1, 0.15) is 66.2 Å². The lowest BCUT2D eigenvalue weighted by Crippen LogP contribution is -2.54. The van der Waals surface area contributed by atoms with Gasteiger partial charge in [0.2, 0.25) is 17.7 Å². The highest BCUT2D eigenvalue weighted by atomic mass is 16.5. The molecule has 2 rings (SSSR count). The molecule has 1 heterocycles. The highest BCUT2D eigenvalue weighted by Crippen LogP contribution is 2.29. The summed E-state index contributed by atoms with van der Waals surface area (Å²) in [6.07, 6.45) is 8.37. The third kappa shape index (κ3) is 8.38. The van der Waals surface area contributed by atoms with Crippen LogP contribution in [0.5, 0.6) is 0 Å². The van der Waals surface area contributed by atoms with E-state index >= 15 is 0 Å². The first-order valence-electron chi connectivity index (χ1n) is 14.7. The Balaban J connectivity index is 2.13. The predicted octanol–water partition coefficient (Wildman–Crippen LogP) is 2.01. The molecule has 0 bridgehead atoms. The first-order chi connectivity index (χ1) is 19.0. The van der Waals surface area contributed by atoms with E-state index in [1.807, 2.05) is 32.1 Å². The molecule has 0 spiro atoms. The van der Waals surface area contributed by atoms with Gasteiger partial charge in [0, 0.05) is 27.8 Å². The summed E-state index contributed by atoms with van der Waals surface area (Å²) < 4.78 is 11.6. The number of hydrogen-bond donors (Lipinski definition) is 3. The average molecular weight is 565 g/mol. The highest BCUT2D eigenvalue weighted by molar-refractivity contribution is 5.81. The van der Waals surface area contributed by atoms with Gasteiger partial charge >= 0.3 is 0 Å². The van der Waals surface area contributed by atoms with Gasteiger partial charge in [0.25, 0.3) is 0 Å². The summed E-state index contributed by atoms with van der Waals surface area (Å²) in [5.74, 6) is -0.973. The number of likely N-dealkylation sites (tertiary alicyclic amines) is 1. The van der Waals surface area contributed by atoms with Crippen molar-refractivity contribution in [1.82, 2.24) is 15.1 Å². The van der Waals surface area contributed by atoms with Gasteiger partial charge in [-0.15, -0.1) is 0 Å². The SMILES string of the molecule is CCC(C)C(C(CC(=O)N1CCCC1C(OC)C(C)C(=O)NC(C)C(O)C1=CCCC=C1)OC)N(C)C(=O)CN. The molecule has 10 nitrogen and oxygen atoms in total. The lowest BCUT2D eigenvalue weighted by molar-refractivity contribution is -0.145. The van der Waals surface area contributed by atoms with Crippen molar-refractivity contribution in [3.05, 3.63) is 23.8 Å². The number of aliphatic hydroxyl groups is 1. The number of nitrogens with two attached hydrogens (primary N) is 1. The Morgan fingerprint density at radius 1 is 1.20 bits per heavy atom. The maximum atomic E-state index is 13.7. The monoisotopic (exact) mass is 564 g/mol. The Morgan fingerprint density at radius 3 is 2.45 bits per heavy atom. The van der Waals surface area contributed by atoms with E-state index in [9.17, 15) is 19.5 Å². The summed E-state index contributed by atoms with van der Waals surface area (Å²) in [6.45, 7) is 8.13. The van der Waals surface area contributed by atoms with E-state index in [4.69, 9.17) is 15.2 Å². The number of amides is 3. The summed E-state index contributed by atoms with van der Waals surface area (Å²) in [7, 11) is 4.84. The normalized spacial score (nSPS) is 22.5. The van der Waals surface area contributed by atoms with E-state index in [1.54, 1.807) is 44.9 Å². The van der Waals surface area contributed by atoms with Crippen molar-refractivity contribution >= 4 is 17.7 Å². The second kappa shape index (κ2) is 16.2. The van der Waals surface area contributed by atoms with Crippen molar-refractivity contribution in [2.75, 3.05) is 34.4 Å². The molecule has 228 valence electrons. The minimum Gasteiger partial charge on any atom is -0.386 e. The van der Waals surface area contributed by atoms with Crippen LogP contribution < -0.4 is 11.1 Å². The van der Waals surface area contributed by atoms with Gasteiger partial charge in [-0.2, -0.15) is 0 Å². The van der Waals surface area contributed by atoms with Crippen molar-refractivity contribution in [2.45, 2.75) is 103 Å². The maximum absolute atomic E-state index is 13.7. The molecule has 2 aliphatic rings. The largest absolute Gasteiger partial charge is 0.386 e. The quantitative estimate of drug-likeness (QED) is 0.277. The summed E-state index contributed by atoms with van der Waals surface area (Å²) >= 11 is 0. The second-order valence-corrected chi connectivity index (χ2v) is 11.3. The van der Waals surface area contributed by atoms with E-state index in [2.05, 4.69) is 5.32 Å². The number of ether oxygens (including phenoxy) is 2. The molecular formula is C30H52N4O6. The van der Waals surface area contributed by atoms with Crippen LogP contribution in [0.3, 0.4) is 0 Å². The lowest BCUT2D eigenvalue weighted by Gasteiger charge is -2.39. The van der Waals surface area contributed by atoms with Gasteiger partial charge < -0.3 is 35.4 Å². The molecule has 8 unspecified atom stereocenters. The molecule has 8 atom stereocenters. The topological polar surface area (TPSA) is 134 Å². The number of nitrogens with one attached hydrogen (secondary N) is 1. The summed E-state index contributed by atoms with van der Waals surface area (Å²) in [6, 6.07) is -1.05. The van der Waals surface area contributed by atoms with Crippen molar-refractivity contribution in [3.8, 4) is 0 Å². The Hall–Kier alpha value is -2.27. The molecule has 0 aromatic carbocycles. The fraction of sp³-hybridized carbons (Fsp3) is 0.767. The molecule has 3 amide bonds. The fourth-order valence-electron chi connectivity index (χ4n) is 6.05. The van der Waals surface area contributed by atoms with Crippen molar-refractivity contribution < 1.29 is 29.0 Å². The number of methoxy groups -OCH3 is 2. The first-order valence-corrected chi connectivity index (χ1v) is 14.7. The van der Waals surface area contributed by atoms with Crippen LogP contribution in [0.25, 0.3) is 0 Å². The van der Waals surface area contributed by atoms with Crippen LogP contribution in [0.15, 0.2) is 23.8 Å². The highest BCUT2D eigenvalue weighted by Gasteiger charge is 2.42. The summed E-state index contributed by atoms with van der Waals surface area (Å²) in [4.78, 5) is 42.8. The van der Waals surface area contributed by atoms with Crippen LogP contribution in [0, 0.1) is 11.8 Å². The smallest absolute Gasteiger partial charge is 0.236 e. The molecule has 1 fully saturated rings. The first kappa shape index (κ1) is 33.9. The Kier molecular flexibility index (Phi) is 13.8. The predicted molar refractivity (Wildman–Crippen MR) is 155 cm³/mol. The standard InChI is InChI=1S/C30H52N4O6/c1-8-19(2)27(33(5)26(36)18-31)24(39-6)17-25(35)34-16-12-15-23(34)29(40-7)20(3)30(38)32-21(4)28(37)22-13-10-9-11-14-22/h10,13-14,19-21,23-24,27-29,37H,8-9,11-12,15-18,31H2,1-7H3,(H,32,38). The van der Waals surface area contributed by atoms with Gasteiger partial charge in [0.05, 0.1) is 55.3 Å². The van der Waals surface area contributed by atoms with Gasteiger partial charge in [-0.25, -0.2) is 0 Å². The molecule has 0 aromatic rings. The maximum Gasteiger partial charge on any atom is 0.236 e. The van der Waals surface area contributed by atoms with Crippen LogP contribution >= 0.6 is 0 Å². The zero-order valence-corrected chi connectivity index (χ0v) is 25.5. The van der Waals surface area contributed by atoms with E-state index in [0.29, 0.717) is 6.54 Å². The molecule has 1 saturated heterocycles. The lowest BCUT2D eigenvalue weighted by atomic mass is 9.90. The summed E-state index contributed by atoms with van der Waals surface area (Å²) in [5, 5.41) is 13.7. The van der Waals surface area contributed by atoms with Crippen LogP contribution in [-0.2, 0) is 23.9 Å². The van der Waals surface area contributed by atoms with Crippen molar-refractivity contribution in [2.24, 2.45) is 17.6 Å². The molecule has 1 aliphatic heterocycles. The molecule has 0 saturated carbocycles. The van der Waals surface area contributed by atoms with Crippen molar-refractivity contribution in [1.29, 1.82) is 0 Å². The van der Waals surface area contributed by atoms with E-state index in [1.165, 1.54) is 0 Å². The third-order valence-corrected chi connectivity index (χ3v) is 8.69. The Bertz CT molecular complexity index is 909. The van der Waals surface area contributed by atoms with Crippen LogP contribution in [0.4, 0.5) is 0 Å². The Morgan fingerprint density at radius 2 is 1.90 bits per heavy atom. The van der Waals surface area contributed by atoms with Gasteiger partial charge in [0.1, 0.15) is 0 Å². The Labute approximate surface area is 240 Å². The van der Waals surface area contributed by atoms with Gasteiger partial charge in [-0.3, -0.25) is 14.4 Å². The van der Waals surface area contributed by atoms with Gasteiger partial charge in [-0.1, -0.05) is 45.4 Å². The number of aliphatic hydroxyl groups excluding tert-OH is 1. The van der Waals surface area contributed by atoms with Gasteiger partial charge in [0.15, 0.2) is 0 Å². The minimum absolute atomic E-state index is 0.0919. The summed E-state index contributed by atoms with van der Waals surface area (Å²) in [5.41, 5.74) is 6.44. The third-order valence-electron chi connectivity index (χ3n) is 8.69. The molecule has 1 aliphatic carbocycles. The van der Waals surface area contributed by atoms with Crippen molar-refractivity contribution in [3.63, 3.8) is 0 Å². The molecule has 0 radical (unpaired) electrons. The average Bonchev–Trinajstić information content (AvgIpc) is 3.45. The number of hydrogen-bond acceptors (Lipinski definition) is 7. The van der Waals surface area contributed by atoms with Crippen LogP contribution in [-0.4, -0.2) is 103 Å². The molecule has 4 N–H and O–H groups in total. The zero-order chi connectivity index (χ0) is 30.0. The molecule has 40 heavy (non-hydrogen) atoms.